The minimum atomic E-state index is -8.34. The Labute approximate surface area is 168 Å². The minimum Gasteiger partial charge on any atom is -0.398 e. The third-order valence-electron chi connectivity index (χ3n) is 3.87. The van der Waals surface area contributed by atoms with E-state index in [9.17, 15) is 28.7 Å². The molecule has 0 aliphatic heterocycles. The highest BCUT2D eigenvalue weighted by Crippen LogP contribution is 3.07. The summed E-state index contributed by atoms with van der Waals surface area (Å²) < 4.78 is 98.1. The SMILES string of the molecule is C=IS(F)(F)(F)(F)c1ccc(-n2cnc(-c3ccc(N)c(C(F)(F)F)c3)n2)cc1. The van der Waals surface area contributed by atoms with Crippen molar-refractivity contribution in [3.63, 3.8) is 0 Å². The van der Waals surface area contributed by atoms with Crippen molar-refractivity contribution in [3.8, 4) is 17.1 Å². The van der Waals surface area contributed by atoms with Crippen LogP contribution in [0.25, 0.3) is 17.1 Å². The van der Waals surface area contributed by atoms with Crippen LogP contribution in [0.1, 0.15) is 5.56 Å². The van der Waals surface area contributed by atoms with Gasteiger partial charge in [-0.25, -0.2) is 9.67 Å². The molecule has 0 aliphatic carbocycles. The van der Waals surface area contributed by atoms with Gasteiger partial charge in [0.1, 0.15) is 6.33 Å². The second kappa shape index (κ2) is 6.17. The van der Waals surface area contributed by atoms with Crippen molar-refractivity contribution in [2.45, 2.75) is 11.1 Å². The van der Waals surface area contributed by atoms with Gasteiger partial charge in [0.2, 0.25) is 7.01 Å². The molecule has 3 rings (SSSR count). The summed E-state index contributed by atoms with van der Waals surface area (Å²) in [6.07, 6.45) is -3.55. The highest BCUT2D eigenvalue weighted by molar-refractivity contribution is 14.2. The molecule has 0 bridgehead atoms. The number of aromatic nitrogens is 3. The third-order valence-corrected chi connectivity index (χ3v) is 10.8. The van der Waals surface area contributed by atoms with Crippen molar-refractivity contribution in [2.24, 2.45) is 0 Å². The van der Waals surface area contributed by atoms with Crippen LogP contribution in [0.2, 0.25) is 0 Å². The number of nitrogen functional groups attached to an aromatic ring is 1. The fraction of sp³-hybridized carbons (Fsp3) is 0.0625. The van der Waals surface area contributed by atoms with E-state index in [1.165, 1.54) is 6.07 Å². The summed E-state index contributed by atoms with van der Waals surface area (Å²) in [5.74, 6) is -0.0922. The second-order valence-electron chi connectivity index (χ2n) is 5.88. The van der Waals surface area contributed by atoms with Gasteiger partial charge in [-0.1, -0.05) is 4.51 Å². The number of benzene rings is 2. The van der Waals surface area contributed by atoms with Gasteiger partial charge in [-0.15, -0.1) is 20.6 Å². The van der Waals surface area contributed by atoms with Crippen LogP contribution in [0, 0.1) is 0 Å². The van der Waals surface area contributed by atoms with Crippen LogP contribution in [0.5, 0.6) is 0 Å². The molecule has 1 aromatic heterocycles. The number of rotatable bonds is 4. The third kappa shape index (κ3) is 4.24. The molecule has 0 saturated heterocycles. The van der Waals surface area contributed by atoms with Gasteiger partial charge >= 0.3 is 6.18 Å². The van der Waals surface area contributed by atoms with Gasteiger partial charge in [0.05, 0.1) is 16.1 Å². The maximum atomic E-state index is 13.8. The Balaban J connectivity index is 1.97. The standard InChI is InChI=1S/C16H12F7IN4S/c1-24-29(20,21,22,23)12-5-3-11(4-6-12)28-9-26-15(27-28)10-2-7-14(25)13(8-10)16(17,18)19/h2-9H,1,25H2. The lowest BCUT2D eigenvalue weighted by Gasteiger charge is -2.45. The summed E-state index contributed by atoms with van der Waals surface area (Å²) >= 11 is -2.93. The molecule has 0 spiro atoms. The van der Waals surface area contributed by atoms with Crippen molar-refractivity contribution in [1.82, 2.24) is 14.8 Å². The normalized spacial score (nSPS) is 15.0. The lowest BCUT2D eigenvalue weighted by Crippen LogP contribution is -2.09. The highest BCUT2D eigenvalue weighted by Gasteiger charge is 2.62. The first-order chi connectivity index (χ1) is 13.1. The smallest absolute Gasteiger partial charge is 0.398 e. The van der Waals surface area contributed by atoms with Crippen molar-refractivity contribution >= 4 is 36.6 Å². The van der Waals surface area contributed by atoms with Crippen LogP contribution in [0.4, 0.5) is 34.4 Å². The highest BCUT2D eigenvalue weighted by atomic mass is 127. The van der Waals surface area contributed by atoms with E-state index in [4.69, 9.17) is 5.73 Å². The van der Waals surface area contributed by atoms with Gasteiger partial charge in [0.25, 0.3) is 0 Å². The quantitative estimate of drug-likeness (QED) is 0.225. The zero-order valence-corrected chi connectivity index (χ0v) is 17.2. The lowest BCUT2D eigenvalue weighted by molar-refractivity contribution is -0.136. The molecule has 0 aliphatic rings. The van der Waals surface area contributed by atoms with Crippen molar-refractivity contribution in [1.29, 1.82) is 0 Å². The topological polar surface area (TPSA) is 56.7 Å². The minimum absolute atomic E-state index is 0.0203. The largest absolute Gasteiger partial charge is 0.418 e. The molecule has 2 aromatic carbocycles. The molecule has 13 heteroatoms. The predicted molar refractivity (Wildman–Crippen MR) is 108 cm³/mol. The molecular weight excluding hydrogens is 540 g/mol. The van der Waals surface area contributed by atoms with Crippen molar-refractivity contribution in [3.05, 3.63) is 54.4 Å². The van der Waals surface area contributed by atoms with E-state index >= 15 is 0 Å². The second-order valence-corrected chi connectivity index (χ2v) is 15.7. The van der Waals surface area contributed by atoms with Crippen LogP contribution >= 0.6 is 26.4 Å². The van der Waals surface area contributed by atoms with Gasteiger partial charge in [0, 0.05) is 30.6 Å². The van der Waals surface area contributed by atoms with E-state index in [0.29, 0.717) is 12.1 Å². The summed E-state index contributed by atoms with van der Waals surface area (Å²) in [6, 6.07) is 6.30. The molecule has 158 valence electrons. The predicted octanol–water partition coefficient (Wildman–Crippen LogP) is 6.63. The first-order valence-electron chi connectivity index (χ1n) is 7.55. The number of hydrogen-bond donors (Lipinski definition) is 1. The van der Waals surface area contributed by atoms with Gasteiger partial charge in [0.15, 0.2) is 5.82 Å². The molecule has 1 heterocycles. The molecule has 0 saturated carbocycles. The molecular formula is C16H12F7IN4S. The lowest BCUT2D eigenvalue weighted by atomic mass is 10.1. The number of nitrogens with zero attached hydrogens (tertiary/aromatic N) is 3. The summed E-state index contributed by atoms with van der Waals surface area (Å²) in [6.45, 7) is 0. The number of nitrogens with two attached hydrogens (primary N) is 1. The van der Waals surface area contributed by atoms with E-state index in [1.54, 1.807) is 0 Å². The van der Waals surface area contributed by atoms with Crippen LogP contribution < -0.4 is 5.73 Å². The van der Waals surface area contributed by atoms with E-state index in [0.717, 1.165) is 35.3 Å². The van der Waals surface area contributed by atoms with Crippen LogP contribution in [0.15, 0.2) is 53.7 Å². The summed E-state index contributed by atoms with van der Waals surface area (Å²) in [7, 11) is -8.34. The Morgan fingerprint density at radius 1 is 1.00 bits per heavy atom. The fourth-order valence-corrected chi connectivity index (χ4v) is 5.12. The average molecular weight is 552 g/mol. The maximum Gasteiger partial charge on any atom is 0.418 e. The van der Waals surface area contributed by atoms with Crippen molar-refractivity contribution in [2.75, 3.05) is 5.73 Å². The Morgan fingerprint density at radius 2 is 1.62 bits per heavy atom. The number of alkyl halides is 3. The Hall–Kier alpha value is -2.16. The molecule has 0 fully saturated rings. The molecule has 0 unspecified atom stereocenters. The van der Waals surface area contributed by atoms with E-state index < -0.39 is 48.7 Å². The molecule has 29 heavy (non-hydrogen) atoms. The molecule has 2 N–H and O–H groups in total. The molecule has 0 radical (unpaired) electrons. The summed E-state index contributed by atoms with van der Waals surface area (Å²) in [5.41, 5.74) is 3.97. The first-order valence-corrected chi connectivity index (χ1v) is 13.7. The Bertz CT molecular complexity index is 1100. The molecule has 0 amide bonds. The summed E-state index contributed by atoms with van der Waals surface area (Å²) in [4.78, 5) is 2.50. The monoisotopic (exact) mass is 552 g/mol. The Morgan fingerprint density at radius 3 is 2.17 bits per heavy atom. The zero-order valence-electron chi connectivity index (χ0n) is 14.2. The molecule has 3 aromatic rings. The van der Waals surface area contributed by atoms with E-state index in [1.807, 2.05) is 0 Å². The van der Waals surface area contributed by atoms with Crippen LogP contribution in [-0.4, -0.2) is 19.3 Å². The van der Waals surface area contributed by atoms with Gasteiger partial charge < -0.3 is 5.73 Å². The number of anilines is 1. The number of halogens is 8. The van der Waals surface area contributed by atoms with Gasteiger partial charge in [-0.2, -0.15) is 13.2 Å². The van der Waals surface area contributed by atoms with Crippen molar-refractivity contribution < 1.29 is 28.7 Å². The van der Waals surface area contributed by atoms with Gasteiger partial charge in [-0.3, -0.25) is 0 Å². The average Bonchev–Trinajstić information content (AvgIpc) is 3.11. The van der Waals surface area contributed by atoms with Crippen LogP contribution in [-0.2, 0) is 6.18 Å². The molecule has 4 nitrogen and oxygen atoms in total. The molecule has 0 atom stereocenters. The first kappa shape index (κ1) is 21.5. The van der Waals surface area contributed by atoms with E-state index in [-0.39, 0.29) is 17.1 Å². The zero-order chi connectivity index (χ0) is 21.7. The maximum absolute atomic E-state index is 13.8. The number of hydrogen-bond acceptors (Lipinski definition) is 3. The van der Waals surface area contributed by atoms with E-state index in [2.05, 4.69) is 14.6 Å². The van der Waals surface area contributed by atoms with Crippen LogP contribution in [0.3, 0.4) is 0 Å². The summed E-state index contributed by atoms with van der Waals surface area (Å²) in [5, 5.41) is 3.98. The Kier molecular flexibility index (Phi) is 4.58. The fourth-order valence-electron chi connectivity index (χ4n) is 2.38. The van der Waals surface area contributed by atoms with Gasteiger partial charge in [-0.05, 0) is 42.5 Å².